The topological polar surface area (TPSA) is 68.2 Å². The molecular formula is C20H14N2O4. The molecule has 2 atom stereocenters. The van der Waals surface area contributed by atoms with E-state index in [0.29, 0.717) is 11.4 Å². The highest BCUT2D eigenvalue weighted by Gasteiger charge is 2.56. The van der Waals surface area contributed by atoms with E-state index in [2.05, 4.69) is 5.16 Å². The van der Waals surface area contributed by atoms with Gasteiger partial charge in [0.15, 0.2) is 0 Å². The lowest BCUT2D eigenvalue weighted by Crippen LogP contribution is -2.33. The summed E-state index contributed by atoms with van der Waals surface area (Å²) in [6, 6.07) is 16.5. The molecule has 3 aliphatic rings. The second kappa shape index (κ2) is 5.56. The number of hydrogen-bond acceptors (Lipinski definition) is 5. The zero-order valence-electron chi connectivity index (χ0n) is 13.7. The molecule has 1 saturated heterocycles. The average molecular weight is 346 g/mol. The Morgan fingerprint density at radius 1 is 0.962 bits per heavy atom. The fourth-order valence-electron chi connectivity index (χ4n) is 3.54. The van der Waals surface area contributed by atoms with Crippen LogP contribution in [0.1, 0.15) is 5.56 Å². The second-order valence-electron chi connectivity index (χ2n) is 6.32. The van der Waals surface area contributed by atoms with Crippen molar-refractivity contribution in [2.24, 2.45) is 11.1 Å². The van der Waals surface area contributed by atoms with Crippen LogP contribution in [0.2, 0.25) is 0 Å². The minimum absolute atomic E-state index is 0.287. The molecule has 0 aliphatic carbocycles. The normalized spacial score (nSPS) is 23.6. The number of rotatable bonds is 2. The molecule has 1 fully saturated rings. The van der Waals surface area contributed by atoms with Crippen molar-refractivity contribution in [1.82, 2.24) is 0 Å². The standard InChI is InChI=1S/C20H14N2O4/c23-19-16-17(13-10-12-6-4-5-9-15(12)25-11-13)21-26-18(16)20(24)22(19)14-7-2-1-3-8-14/h1-10,16,18H,11H2/t16-,18+/m0/s1. The Kier molecular flexibility index (Phi) is 3.18. The van der Waals surface area contributed by atoms with E-state index < -0.39 is 12.0 Å². The smallest absolute Gasteiger partial charge is 0.278 e. The number of ether oxygens (including phenoxy) is 1. The predicted molar refractivity (Wildman–Crippen MR) is 94.6 cm³/mol. The highest BCUT2D eigenvalue weighted by Crippen LogP contribution is 2.37. The van der Waals surface area contributed by atoms with Crippen molar-refractivity contribution in [2.45, 2.75) is 6.10 Å². The Morgan fingerprint density at radius 2 is 1.73 bits per heavy atom. The highest BCUT2D eigenvalue weighted by molar-refractivity contribution is 6.33. The molecule has 2 aromatic rings. The fraction of sp³-hybridized carbons (Fsp3) is 0.150. The number of imide groups is 1. The third-order valence-electron chi connectivity index (χ3n) is 4.79. The maximum Gasteiger partial charge on any atom is 0.278 e. The largest absolute Gasteiger partial charge is 0.488 e. The van der Waals surface area contributed by atoms with Crippen molar-refractivity contribution in [3.05, 3.63) is 65.7 Å². The molecule has 3 aliphatic heterocycles. The molecule has 3 heterocycles. The number of anilines is 1. The predicted octanol–water partition coefficient (Wildman–Crippen LogP) is 2.41. The van der Waals surface area contributed by atoms with Gasteiger partial charge in [-0.25, -0.2) is 4.90 Å². The molecule has 6 heteroatoms. The number of para-hydroxylation sites is 2. The summed E-state index contributed by atoms with van der Waals surface area (Å²) in [6.45, 7) is 0.287. The molecule has 0 bridgehead atoms. The molecule has 5 rings (SSSR count). The number of carbonyl (C=O) groups excluding carboxylic acids is 2. The number of carbonyl (C=O) groups is 2. The summed E-state index contributed by atoms with van der Waals surface area (Å²) in [5.41, 5.74) is 2.68. The molecule has 0 radical (unpaired) electrons. The highest BCUT2D eigenvalue weighted by atomic mass is 16.7. The van der Waals surface area contributed by atoms with Gasteiger partial charge in [0, 0.05) is 11.1 Å². The molecule has 0 unspecified atom stereocenters. The molecule has 6 nitrogen and oxygen atoms in total. The zero-order chi connectivity index (χ0) is 17.7. The number of oxime groups is 1. The van der Waals surface area contributed by atoms with Gasteiger partial charge in [0.2, 0.25) is 12.0 Å². The van der Waals surface area contributed by atoms with Gasteiger partial charge < -0.3 is 9.57 Å². The van der Waals surface area contributed by atoms with E-state index in [4.69, 9.17) is 9.57 Å². The number of nitrogens with zero attached hydrogens (tertiary/aromatic N) is 2. The van der Waals surface area contributed by atoms with E-state index >= 15 is 0 Å². The number of benzene rings is 2. The summed E-state index contributed by atoms with van der Waals surface area (Å²) >= 11 is 0. The van der Waals surface area contributed by atoms with Crippen LogP contribution >= 0.6 is 0 Å². The van der Waals surface area contributed by atoms with Crippen LogP contribution in [0.3, 0.4) is 0 Å². The first-order valence-electron chi connectivity index (χ1n) is 8.33. The average Bonchev–Trinajstić information content (AvgIpc) is 3.22. The minimum atomic E-state index is -0.907. The van der Waals surface area contributed by atoms with Crippen molar-refractivity contribution < 1.29 is 19.2 Å². The SMILES string of the molecule is O=C1[C@H]2C(C3=Cc4ccccc4OC3)=NO[C@H]2C(=O)N1c1ccccc1. The lowest BCUT2D eigenvalue weighted by Gasteiger charge is -2.19. The van der Waals surface area contributed by atoms with Crippen molar-refractivity contribution in [3.63, 3.8) is 0 Å². The molecular weight excluding hydrogens is 332 g/mol. The summed E-state index contributed by atoms with van der Waals surface area (Å²) < 4.78 is 5.76. The van der Waals surface area contributed by atoms with Crippen LogP contribution in [0.25, 0.3) is 6.08 Å². The van der Waals surface area contributed by atoms with Crippen LogP contribution in [-0.4, -0.2) is 30.2 Å². The Labute approximate surface area is 149 Å². The monoisotopic (exact) mass is 346 g/mol. The third-order valence-corrected chi connectivity index (χ3v) is 4.79. The van der Waals surface area contributed by atoms with E-state index in [1.165, 1.54) is 4.90 Å². The number of amides is 2. The van der Waals surface area contributed by atoms with E-state index in [0.717, 1.165) is 16.9 Å². The van der Waals surface area contributed by atoms with E-state index in [-0.39, 0.29) is 18.4 Å². The van der Waals surface area contributed by atoms with Crippen LogP contribution in [0.5, 0.6) is 5.75 Å². The molecule has 2 amide bonds. The van der Waals surface area contributed by atoms with Gasteiger partial charge in [-0.2, -0.15) is 0 Å². The first-order chi connectivity index (χ1) is 12.7. The maximum atomic E-state index is 13.0. The van der Waals surface area contributed by atoms with Gasteiger partial charge in [0.1, 0.15) is 24.0 Å². The molecule has 0 aromatic heterocycles. The number of fused-ring (bicyclic) bond motifs is 2. The Bertz CT molecular complexity index is 980. The Hall–Kier alpha value is -3.41. The summed E-state index contributed by atoms with van der Waals surface area (Å²) in [4.78, 5) is 32.2. The molecule has 0 spiro atoms. The van der Waals surface area contributed by atoms with Crippen molar-refractivity contribution in [2.75, 3.05) is 11.5 Å². The molecule has 0 saturated carbocycles. The van der Waals surface area contributed by atoms with Gasteiger partial charge in [0.25, 0.3) is 5.91 Å². The van der Waals surface area contributed by atoms with Gasteiger partial charge >= 0.3 is 0 Å². The van der Waals surface area contributed by atoms with Crippen LogP contribution < -0.4 is 9.64 Å². The molecule has 0 N–H and O–H groups in total. The zero-order valence-corrected chi connectivity index (χ0v) is 13.7. The third kappa shape index (κ3) is 2.08. The molecule has 2 aromatic carbocycles. The number of hydrogen-bond donors (Lipinski definition) is 0. The quantitative estimate of drug-likeness (QED) is 0.783. The summed E-state index contributed by atoms with van der Waals surface area (Å²) in [7, 11) is 0. The molecule has 26 heavy (non-hydrogen) atoms. The molecule has 128 valence electrons. The second-order valence-corrected chi connectivity index (χ2v) is 6.32. The maximum absolute atomic E-state index is 13.0. The van der Waals surface area contributed by atoms with Gasteiger partial charge in [-0.05, 0) is 24.3 Å². The van der Waals surface area contributed by atoms with Crippen molar-refractivity contribution >= 4 is 29.3 Å². The minimum Gasteiger partial charge on any atom is -0.488 e. The van der Waals surface area contributed by atoms with Gasteiger partial charge in [-0.15, -0.1) is 0 Å². The first kappa shape index (κ1) is 14.9. The van der Waals surface area contributed by atoms with E-state index in [1.54, 1.807) is 24.3 Å². The lowest BCUT2D eigenvalue weighted by atomic mass is 9.92. The van der Waals surface area contributed by atoms with Crippen molar-refractivity contribution in [3.8, 4) is 5.75 Å². The first-order valence-corrected chi connectivity index (χ1v) is 8.33. The van der Waals surface area contributed by atoms with Crippen LogP contribution in [0.15, 0.2) is 65.3 Å². The van der Waals surface area contributed by atoms with Crippen molar-refractivity contribution in [1.29, 1.82) is 0 Å². The fourth-order valence-corrected chi connectivity index (χ4v) is 3.54. The van der Waals surface area contributed by atoms with E-state index in [1.807, 2.05) is 36.4 Å². The van der Waals surface area contributed by atoms with E-state index in [9.17, 15) is 9.59 Å². The Morgan fingerprint density at radius 3 is 2.58 bits per heavy atom. The summed E-state index contributed by atoms with van der Waals surface area (Å²) in [5, 5.41) is 4.05. The lowest BCUT2D eigenvalue weighted by molar-refractivity contribution is -0.126. The van der Waals surface area contributed by atoms with Crippen LogP contribution in [0, 0.1) is 5.92 Å². The Balaban J connectivity index is 1.50. The van der Waals surface area contributed by atoms with Gasteiger partial charge in [-0.3, -0.25) is 9.59 Å². The van der Waals surface area contributed by atoms with Gasteiger partial charge in [0.05, 0.1) is 5.69 Å². The van der Waals surface area contributed by atoms with Gasteiger partial charge in [-0.1, -0.05) is 41.6 Å². The van der Waals surface area contributed by atoms with Crippen LogP contribution in [0.4, 0.5) is 5.69 Å². The summed E-state index contributed by atoms with van der Waals surface area (Å²) in [6.07, 6.45) is 1.03. The van der Waals surface area contributed by atoms with Crippen LogP contribution in [-0.2, 0) is 14.4 Å². The summed E-state index contributed by atoms with van der Waals surface area (Å²) in [5.74, 6) is -0.653.